The third kappa shape index (κ3) is 3.04. The molecule has 0 fully saturated rings. The lowest BCUT2D eigenvalue weighted by atomic mass is 10.2. The maximum atomic E-state index is 12.4. The number of aromatic nitrogens is 2. The predicted octanol–water partition coefficient (Wildman–Crippen LogP) is 3.42. The molecule has 1 heterocycles. The van der Waals surface area contributed by atoms with Crippen LogP contribution in [0.15, 0.2) is 35.2 Å². The van der Waals surface area contributed by atoms with E-state index in [-0.39, 0.29) is 11.9 Å². The number of anilines is 1. The van der Waals surface area contributed by atoms with Crippen LogP contribution in [-0.2, 0) is 4.79 Å². The Morgan fingerprint density at radius 3 is 2.65 bits per heavy atom. The number of hydrogen-bond donors (Lipinski definition) is 1. The normalized spacial score (nSPS) is 12.2. The van der Waals surface area contributed by atoms with Gasteiger partial charge in [0.05, 0.1) is 11.4 Å². The zero-order valence-corrected chi connectivity index (χ0v) is 13.0. The van der Waals surface area contributed by atoms with Crippen molar-refractivity contribution in [1.82, 2.24) is 9.78 Å². The summed E-state index contributed by atoms with van der Waals surface area (Å²) >= 11 is 1.62. The number of nitrogens with one attached hydrogen (secondary N) is 1. The second kappa shape index (κ2) is 6.13. The molecule has 1 aromatic carbocycles. The summed E-state index contributed by atoms with van der Waals surface area (Å²) in [5.74, 6) is -0.0577. The third-order valence-electron chi connectivity index (χ3n) is 3.16. The molecule has 2 rings (SSSR count). The van der Waals surface area contributed by atoms with Gasteiger partial charge in [0.25, 0.3) is 0 Å². The van der Waals surface area contributed by atoms with E-state index < -0.39 is 0 Å². The summed E-state index contributed by atoms with van der Waals surface area (Å²) in [6, 6.07) is 9.43. The van der Waals surface area contributed by atoms with Gasteiger partial charge >= 0.3 is 0 Å². The second-order valence-corrected chi connectivity index (χ2v) is 5.59. The van der Waals surface area contributed by atoms with Crippen molar-refractivity contribution in [2.75, 3.05) is 11.6 Å². The fourth-order valence-electron chi connectivity index (χ4n) is 2.13. The molecular weight excluding hydrogens is 270 g/mol. The molecule has 5 heteroatoms. The zero-order chi connectivity index (χ0) is 14.7. The van der Waals surface area contributed by atoms with E-state index in [2.05, 4.69) is 10.4 Å². The van der Waals surface area contributed by atoms with Gasteiger partial charge in [0.1, 0.15) is 6.04 Å². The van der Waals surface area contributed by atoms with Crippen LogP contribution in [0.4, 0.5) is 5.69 Å². The van der Waals surface area contributed by atoms with Crippen molar-refractivity contribution in [3.05, 3.63) is 41.7 Å². The van der Waals surface area contributed by atoms with Crippen molar-refractivity contribution < 1.29 is 4.79 Å². The summed E-state index contributed by atoms with van der Waals surface area (Å²) < 4.78 is 1.76. The van der Waals surface area contributed by atoms with Crippen LogP contribution in [0, 0.1) is 13.8 Å². The maximum Gasteiger partial charge on any atom is 0.248 e. The lowest BCUT2D eigenvalue weighted by Crippen LogP contribution is -2.25. The molecule has 0 aliphatic rings. The minimum absolute atomic E-state index is 0.0577. The molecule has 0 aliphatic heterocycles. The summed E-state index contributed by atoms with van der Waals surface area (Å²) in [4.78, 5) is 13.4. The molecule has 0 bridgehead atoms. The fourth-order valence-corrected chi connectivity index (χ4v) is 2.69. The van der Waals surface area contributed by atoms with Crippen molar-refractivity contribution in [1.29, 1.82) is 0 Å². The molecule has 1 amide bonds. The van der Waals surface area contributed by atoms with Crippen LogP contribution in [0.5, 0.6) is 0 Å². The largest absolute Gasteiger partial charge is 0.323 e. The molecule has 2 aromatic rings. The smallest absolute Gasteiger partial charge is 0.248 e. The minimum Gasteiger partial charge on any atom is -0.323 e. The number of aryl methyl sites for hydroxylation is 2. The first-order valence-electron chi connectivity index (χ1n) is 6.49. The average molecular weight is 289 g/mol. The number of carbonyl (C=O) groups is 1. The van der Waals surface area contributed by atoms with E-state index in [0.717, 1.165) is 22.0 Å². The van der Waals surface area contributed by atoms with Crippen LogP contribution in [0.1, 0.15) is 24.4 Å². The van der Waals surface area contributed by atoms with E-state index in [0.29, 0.717) is 0 Å². The number of carbonyl (C=O) groups excluding carboxylic acids is 1. The second-order valence-electron chi connectivity index (χ2n) is 4.74. The highest BCUT2D eigenvalue weighted by atomic mass is 32.2. The number of hydrogen-bond acceptors (Lipinski definition) is 3. The Labute approximate surface area is 123 Å². The first-order valence-corrected chi connectivity index (χ1v) is 7.72. The Bertz CT molecular complexity index is 621. The molecule has 0 radical (unpaired) electrons. The maximum absolute atomic E-state index is 12.4. The Hall–Kier alpha value is -1.75. The predicted molar refractivity (Wildman–Crippen MR) is 83.3 cm³/mol. The van der Waals surface area contributed by atoms with E-state index in [9.17, 15) is 4.79 Å². The van der Waals surface area contributed by atoms with Gasteiger partial charge in [0.2, 0.25) is 5.91 Å². The number of rotatable bonds is 4. The van der Waals surface area contributed by atoms with Gasteiger partial charge in [0.15, 0.2) is 0 Å². The standard InChI is InChI=1S/C15H19N3OS/c1-10-9-11(2)18(17-10)12(3)15(19)16-13-7-5-6-8-14(13)20-4/h5-9,12H,1-4H3,(H,16,19). The van der Waals surface area contributed by atoms with Crippen molar-refractivity contribution in [2.24, 2.45) is 0 Å². The molecule has 0 aliphatic carbocycles. The SMILES string of the molecule is CSc1ccccc1NC(=O)C(C)n1nc(C)cc1C. The van der Waals surface area contributed by atoms with Crippen molar-refractivity contribution in [3.63, 3.8) is 0 Å². The number of thioether (sulfide) groups is 1. The molecule has 0 saturated heterocycles. The molecule has 106 valence electrons. The van der Waals surface area contributed by atoms with Crippen LogP contribution in [0.25, 0.3) is 0 Å². The van der Waals surface area contributed by atoms with E-state index in [4.69, 9.17) is 0 Å². The monoisotopic (exact) mass is 289 g/mol. The highest BCUT2D eigenvalue weighted by Crippen LogP contribution is 2.25. The van der Waals surface area contributed by atoms with Crippen molar-refractivity contribution in [3.8, 4) is 0 Å². The van der Waals surface area contributed by atoms with Gasteiger partial charge in [-0.2, -0.15) is 5.10 Å². The van der Waals surface area contributed by atoms with Gasteiger partial charge in [-0.3, -0.25) is 9.48 Å². The van der Waals surface area contributed by atoms with E-state index >= 15 is 0 Å². The molecule has 4 nitrogen and oxygen atoms in total. The Morgan fingerprint density at radius 1 is 1.35 bits per heavy atom. The van der Waals surface area contributed by atoms with Crippen molar-refractivity contribution in [2.45, 2.75) is 31.7 Å². The van der Waals surface area contributed by atoms with Crippen LogP contribution in [0.3, 0.4) is 0 Å². The Kier molecular flexibility index (Phi) is 4.49. The van der Waals surface area contributed by atoms with E-state index in [1.54, 1.807) is 16.4 Å². The summed E-state index contributed by atoms with van der Waals surface area (Å²) in [5, 5.41) is 7.34. The molecule has 0 spiro atoms. The number of benzene rings is 1. The van der Waals surface area contributed by atoms with Gasteiger partial charge < -0.3 is 5.32 Å². The minimum atomic E-state index is -0.335. The molecule has 1 N–H and O–H groups in total. The molecule has 1 unspecified atom stereocenters. The third-order valence-corrected chi connectivity index (χ3v) is 3.95. The van der Waals surface area contributed by atoms with Crippen LogP contribution >= 0.6 is 11.8 Å². The lowest BCUT2D eigenvalue weighted by Gasteiger charge is -2.16. The summed E-state index contributed by atoms with van der Waals surface area (Å²) in [5.41, 5.74) is 2.76. The molecular formula is C15H19N3OS. The van der Waals surface area contributed by atoms with Gasteiger partial charge in [0, 0.05) is 10.6 Å². The highest BCUT2D eigenvalue weighted by Gasteiger charge is 2.18. The van der Waals surface area contributed by atoms with Crippen LogP contribution < -0.4 is 5.32 Å². The lowest BCUT2D eigenvalue weighted by molar-refractivity contribution is -0.119. The van der Waals surface area contributed by atoms with Gasteiger partial charge in [-0.05, 0) is 45.2 Å². The summed E-state index contributed by atoms with van der Waals surface area (Å²) in [7, 11) is 0. The van der Waals surface area contributed by atoms with Gasteiger partial charge in [-0.1, -0.05) is 12.1 Å². The Morgan fingerprint density at radius 2 is 2.05 bits per heavy atom. The number of nitrogens with zero attached hydrogens (tertiary/aromatic N) is 2. The van der Waals surface area contributed by atoms with Crippen molar-refractivity contribution >= 4 is 23.4 Å². The topological polar surface area (TPSA) is 46.9 Å². The van der Waals surface area contributed by atoms with Crippen LogP contribution in [0.2, 0.25) is 0 Å². The average Bonchev–Trinajstić information content (AvgIpc) is 2.77. The highest BCUT2D eigenvalue weighted by molar-refractivity contribution is 7.98. The zero-order valence-electron chi connectivity index (χ0n) is 12.2. The van der Waals surface area contributed by atoms with Gasteiger partial charge in [-0.15, -0.1) is 11.8 Å². The van der Waals surface area contributed by atoms with E-state index in [1.807, 2.05) is 57.4 Å². The summed E-state index contributed by atoms with van der Waals surface area (Å²) in [6.07, 6.45) is 2.00. The van der Waals surface area contributed by atoms with Crippen LogP contribution in [-0.4, -0.2) is 21.9 Å². The molecule has 1 aromatic heterocycles. The first-order chi connectivity index (χ1) is 9.52. The Balaban J connectivity index is 2.18. The number of amides is 1. The van der Waals surface area contributed by atoms with Gasteiger partial charge in [-0.25, -0.2) is 0 Å². The molecule has 0 saturated carbocycles. The summed E-state index contributed by atoms with van der Waals surface area (Å²) in [6.45, 7) is 5.74. The fraction of sp³-hybridized carbons (Fsp3) is 0.333. The van der Waals surface area contributed by atoms with E-state index in [1.165, 1.54) is 0 Å². The number of para-hydroxylation sites is 1. The molecule has 20 heavy (non-hydrogen) atoms. The first kappa shape index (κ1) is 14.7. The quantitative estimate of drug-likeness (QED) is 0.877. The molecule has 1 atom stereocenters.